The summed E-state index contributed by atoms with van der Waals surface area (Å²) >= 11 is 0. The fourth-order valence-electron chi connectivity index (χ4n) is 3.39. The lowest BCUT2D eigenvalue weighted by atomic mass is 10.1. The molecular formula is C25H27F3N2O6S. The largest absolute Gasteiger partial charge is 0.489 e. The van der Waals surface area contributed by atoms with Crippen LogP contribution < -0.4 is 14.2 Å². The Labute approximate surface area is 213 Å². The Balaban J connectivity index is 1.84. The molecule has 12 heteroatoms. The molecule has 0 aliphatic heterocycles. The molecule has 1 aromatic heterocycles. The van der Waals surface area contributed by atoms with Crippen LogP contribution in [0.3, 0.4) is 0 Å². The highest BCUT2D eigenvalue weighted by molar-refractivity contribution is 7.92. The Morgan fingerprint density at radius 3 is 2.32 bits per heavy atom. The quantitative estimate of drug-likeness (QED) is 0.354. The van der Waals surface area contributed by atoms with E-state index in [0.29, 0.717) is 22.4 Å². The second-order valence-electron chi connectivity index (χ2n) is 8.12. The first-order valence-electron chi connectivity index (χ1n) is 11.0. The Hall–Kier alpha value is -3.35. The zero-order chi connectivity index (χ0) is 27.1. The third-order valence-corrected chi connectivity index (χ3v) is 5.55. The van der Waals surface area contributed by atoms with Crippen molar-refractivity contribution in [2.24, 2.45) is 0 Å². The summed E-state index contributed by atoms with van der Waals surface area (Å²) in [6.45, 7) is 0.321. The minimum Gasteiger partial charge on any atom is -0.489 e. The van der Waals surface area contributed by atoms with Crippen LogP contribution >= 0.6 is 0 Å². The standard InChI is InChI=1S/C25H27F3N2O6S/c1-33-15-22(16-34-2)36-24-23(30-37(3,31)32)12-19(13-29-24)18-7-5-9-21(11-18)35-14-17-6-4-8-20(10-17)25(26,27)28/h4-13,22,30H,14-16H2,1-3H3. The van der Waals surface area contributed by atoms with Gasteiger partial charge in [0.1, 0.15) is 24.1 Å². The highest BCUT2D eigenvalue weighted by Gasteiger charge is 2.30. The Bertz CT molecular complexity index is 1300. The molecule has 8 nitrogen and oxygen atoms in total. The molecule has 0 fully saturated rings. The van der Waals surface area contributed by atoms with Gasteiger partial charge in [0.05, 0.1) is 25.0 Å². The fraction of sp³-hybridized carbons (Fsp3) is 0.320. The van der Waals surface area contributed by atoms with E-state index in [2.05, 4.69) is 9.71 Å². The van der Waals surface area contributed by atoms with Crippen LogP contribution in [0.2, 0.25) is 0 Å². The van der Waals surface area contributed by atoms with E-state index >= 15 is 0 Å². The Morgan fingerprint density at radius 2 is 1.68 bits per heavy atom. The molecule has 0 spiro atoms. The zero-order valence-electron chi connectivity index (χ0n) is 20.4. The van der Waals surface area contributed by atoms with Crippen LogP contribution in [-0.2, 0) is 32.3 Å². The lowest BCUT2D eigenvalue weighted by Gasteiger charge is -2.19. The Morgan fingerprint density at radius 1 is 0.973 bits per heavy atom. The van der Waals surface area contributed by atoms with Crippen LogP contribution in [0.15, 0.2) is 60.8 Å². The van der Waals surface area contributed by atoms with Gasteiger partial charge in [0.15, 0.2) is 0 Å². The van der Waals surface area contributed by atoms with Crippen LogP contribution in [0, 0.1) is 0 Å². The van der Waals surface area contributed by atoms with Crippen molar-refractivity contribution < 1.29 is 40.5 Å². The average Bonchev–Trinajstić information content (AvgIpc) is 2.83. The molecule has 0 bridgehead atoms. The predicted octanol–water partition coefficient (Wildman–Crippen LogP) is 4.76. The third-order valence-electron chi connectivity index (χ3n) is 4.96. The van der Waals surface area contributed by atoms with Gasteiger partial charge in [-0.05, 0) is 41.5 Å². The SMILES string of the molecule is COCC(COC)Oc1ncc(-c2cccc(OCc3cccc(C(F)(F)F)c3)c2)cc1NS(C)(=O)=O. The van der Waals surface area contributed by atoms with Gasteiger partial charge < -0.3 is 18.9 Å². The van der Waals surface area contributed by atoms with Gasteiger partial charge >= 0.3 is 6.18 Å². The van der Waals surface area contributed by atoms with E-state index in [-0.39, 0.29) is 31.4 Å². The van der Waals surface area contributed by atoms with E-state index in [1.165, 1.54) is 26.5 Å². The van der Waals surface area contributed by atoms with Gasteiger partial charge in [0.2, 0.25) is 15.9 Å². The summed E-state index contributed by atoms with van der Waals surface area (Å²) in [5.41, 5.74) is 0.928. The fourth-order valence-corrected chi connectivity index (χ4v) is 3.94. The molecule has 2 aromatic carbocycles. The summed E-state index contributed by atoms with van der Waals surface area (Å²) in [6, 6.07) is 13.3. The second kappa shape index (κ2) is 12.3. The van der Waals surface area contributed by atoms with Crippen molar-refractivity contribution in [3.8, 4) is 22.8 Å². The van der Waals surface area contributed by atoms with Gasteiger partial charge in [-0.2, -0.15) is 13.2 Å². The number of hydrogen-bond donors (Lipinski definition) is 1. The minimum atomic E-state index is -4.44. The van der Waals surface area contributed by atoms with Gasteiger partial charge in [0.25, 0.3) is 0 Å². The van der Waals surface area contributed by atoms with E-state index in [9.17, 15) is 21.6 Å². The molecule has 0 radical (unpaired) electrons. The van der Waals surface area contributed by atoms with E-state index < -0.39 is 27.9 Å². The van der Waals surface area contributed by atoms with Gasteiger partial charge in [-0.25, -0.2) is 13.4 Å². The normalized spacial score (nSPS) is 12.0. The van der Waals surface area contributed by atoms with E-state index in [4.69, 9.17) is 18.9 Å². The summed E-state index contributed by atoms with van der Waals surface area (Å²) in [4.78, 5) is 4.29. The van der Waals surface area contributed by atoms with Crippen molar-refractivity contribution in [3.63, 3.8) is 0 Å². The molecule has 3 aromatic rings. The third kappa shape index (κ3) is 8.62. The maximum atomic E-state index is 13.0. The number of hydrogen-bond acceptors (Lipinski definition) is 7. The number of alkyl halides is 3. The van der Waals surface area contributed by atoms with Crippen LogP contribution in [-0.4, -0.2) is 53.2 Å². The van der Waals surface area contributed by atoms with Crippen molar-refractivity contribution in [2.45, 2.75) is 18.9 Å². The Kier molecular flexibility index (Phi) is 9.35. The highest BCUT2D eigenvalue weighted by Crippen LogP contribution is 2.32. The number of benzene rings is 2. The van der Waals surface area contributed by atoms with E-state index in [0.717, 1.165) is 18.4 Å². The number of anilines is 1. The van der Waals surface area contributed by atoms with Crippen molar-refractivity contribution in [3.05, 3.63) is 71.9 Å². The minimum absolute atomic E-state index is 0.0465. The maximum Gasteiger partial charge on any atom is 0.416 e. The van der Waals surface area contributed by atoms with E-state index in [1.807, 2.05) is 0 Å². The number of methoxy groups -OCH3 is 2. The van der Waals surface area contributed by atoms with Crippen LogP contribution in [0.1, 0.15) is 11.1 Å². The first-order chi connectivity index (χ1) is 17.5. The number of aromatic nitrogens is 1. The molecule has 0 amide bonds. The summed E-state index contributed by atoms with van der Waals surface area (Å²) in [7, 11) is -0.657. The van der Waals surface area contributed by atoms with Crippen LogP contribution in [0.25, 0.3) is 11.1 Å². The van der Waals surface area contributed by atoms with Crippen molar-refractivity contribution in [2.75, 3.05) is 38.4 Å². The molecule has 0 saturated carbocycles. The van der Waals surface area contributed by atoms with Crippen molar-refractivity contribution in [1.82, 2.24) is 4.98 Å². The lowest BCUT2D eigenvalue weighted by molar-refractivity contribution is -0.137. The lowest BCUT2D eigenvalue weighted by Crippen LogP contribution is -2.28. The van der Waals surface area contributed by atoms with Gasteiger partial charge in [0, 0.05) is 26.0 Å². The second-order valence-corrected chi connectivity index (χ2v) is 9.86. The van der Waals surface area contributed by atoms with Crippen LogP contribution in [0.4, 0.5) is 18.9 Å². The molecule has 1 heterocycles. The number of nitrogens with one attached hydrogen (secondary N) is 1. The first-order valence-corrected chi connectivity index (χ1v) is 12.9. The molecule has 0 aliphatic rings. The number of nitrogens with zero attached hydrogens (tertiary/aromatic N) is 1. The summed E-state index contributed by atoms with van der Waals surface area (Å²) in [6.07, 6.45) is -2.45. The molecule has 3 rings (SSSR count). The monoisotopic (exact) mass is 540 g/mol. The summed E-state index contributed by atoms with van der Waals surface area (Å²) < 4.78 is 87.0. The van der Waals surface area contributed by atoms with Crippen molar-refractivity contribution >= 4 is 15.7 Å². The molecule has 0 atom stereocenters. The number of pyridine rings is 1. The zero-order valence-corrected chi connectivity index (χ0v) is 21.2. The number of halogens is 3. The van der Waals surface area contributed by atoms with Gasteiger partial charge in [-0.15, -0.1) is 0 Å². The number of rotatable bonds is 12. The van der Waals surface area contributed by atoms with Crippen LogP contribution in [0.5, 0.6) is 11.6 Å². The topological polar surface area (TPSA) is 96.0 Å². The van der Waals surface area contributed by atoms with Gasteiger partial charge in [-0.3, -0.25) is 4.72 Å². The molecule has 0 unspecified atom stereocenters. The predicted molar refractivity (Wildman–Crippen MR) is 132 cm³/mol. The summed E-state index contributed by atoms with van der Waals surface area (Å²) in [5.74, 6) is 0.457. The highest BCUT2D eigenvalue weighted by atomic mass is 32.2. The molecule has 1 N–H and O–H groups in total. The molecular weight excluding hydrogens is 513 g/mol. The molecule has 200 valence electrons. The molecule has 0 saturated heterocycles. The van der Waals surface area contributed by atoms with Crippen molar-refractivity contribution in [1.29, 1.82) is 0 Å². The molecule has 0 aliphatic carbocycles. The summed E-state index contributed by atoms with van der Waals surface area (Å²) in [5, 5.41) is 0. The average molecular weight is 541 g/mol. The van der Waals surface area contributed by atoms with E-state index in [1.54, 1.807) is 36.4 Å². The van der Waals surface area contributed by atoms with Gasteiger partial charge in [-0.1, -0.05) is 24.3 Å². The first kappa shape index (κ1) is 28.2. The molecule has 37 heavy (non-hydrogen) atoms. The smallest absolute Gasteiger partial charge is 0.416 e. The number of ether oxygens (including phenoxy) is 4. The maximum absolute atomic E-state index is 13.0. The number of sulfonamides is 1.